The minimum atomic E-state index is -0.0690. The van der Waals surface area contributed by atoms with Crippen molar-refractivity contribution in [2.45, 2.75) is 56.8 Å². The van der Waals surface area contributed by atoms with E-state index in [1.165, 1.54) is 18.2 Å². The maximum Gasteiger partial charge on any atom is 0.308 e. The fraction of sp³-hybridized carbons (Fsp3) is 0.406. The first kappa shape index (κ1) is 26.0. The van der Waals surface area contributed by atoms with Crippen LogP contribution in [-0.2, 0) is 32.6 Å². The van der Waals surface area contributed by atoms with Gasteiger partial charge in [0.1, 0.15) is 5.75 Å². The van der Waals surface area contributed by atoms with Gasteiger partial charge in [0.15, 0.2) is 0 Å². The molecule has 3 aromatic rings. The zero-order chi connectivity index (χ0) is 26.4. The fourth-order valence-corrected chi connectivity index (χ4v) is 6.09. The van der Waals surface area contributed by atoms with Crippen molar-refractivity contribution in [3.8, 4) is 16.9 Å². The van der Waals surface area contributed by atoms with E-state index in [1.54, 1.807) is 6.20 Å². The third-order valence-corrected chi connectivity index (χ3v) is 8.20. The molecule has 0 aliphatic heterocycles. The predicted octanol–water partition coefficient (Wildman–Crippen LogP) is 5.42. The highest BCUT2D eigenvalue weighted by molar-refractivity contribution is 5.79. The number of fused-ring (bicyclic) bond motifs is 2. The van der Waals surface area contributed by atoms with Crippen LogP contribution in [0.15, 0.2) is 67.0 Å². The Morgan fingerprint density at radius 3 is 2.66 bits per heavy atom. The molecule has 0 bridgehead atoms. The number of methoxy groups -OCH3 is 1. The van der Waals surface area contributed by atoms with Crippen molar-refractivity contribution in [2.75, 3.05) is 20.3 Å². The molecule has 1 N–H and O–H groups in total. The summed E-state index contributed by atoms with van der Waals surface area (Å²) in [6, 6.07) is 18.4. The van der Waals surface area contributed by atoms with Gasteiger partial charge in [0.25, 0.3) is 0 Å². The highest BCUT2D eigenvalue weighted by Crippen LogP contribution is 2.50. The van der Waals surface area contributed by atoms with E-state index in [9.17, 15) is 9.59 Å². The topological polar surface area (TPSA) is 77.5 Å². The van der Waals surface area contributed by atoms with Gasteiger partial charge in [0.05, 0.1) is 26.1 Å². The summed E-state index contributed by atoms with van der Waals surface area (Å²) in [5.74, 6) is 0.865. The summed E-state index contributed by atoms with van der Waals surface area (Å²) in [5, 5.41) is 3.01. The van der Waals surface area contributed by atoms with Gasteiger partial charge in [-0.05, 0) is 96.4 Å². The van der Waals surface area contributed by atoms with E-state index < -0.39 is 0 Å². The van der Waals surface area contributed by atoms with Crippen LogP contribution in [-0.4, -0.2) is 37.1 Å². The Morgan fingerprint density at radius 1 is 1.03 bits per heavy atom. The Labute approximate surface area is 224 Å². The van der Waals surface area contributed by atoms with E-state index in [-0.39, 0.29) is 23.2 Å². The van der Waals surface area contributed by atoms with Crippen LogP contribution in [0.4, 0.5) is 0 Å². The number of aryl methyl sites for hydroxylation is 1. The molecule has 2 aliphatic carbocycles. The molecule has 0 saturated heterocycles. The van der Waals surface area contributed by atoms with E-state index in [2.05, 4.69) is 28.5 Å². The van der Waals surface area contributed by atoms with Crippen LogP contribution in [0.25, 0.3) is 11.1 Å². The zero-order valence-corrected chi connectivity index (χ0v) is 22.1. The predicted molar refractivity (Wildman–Crippen MR) is 147 cm³/mol. The lowest BCUT2D eigenvalue weighted by Crippen LogP contribution is -2.32. The number of esters is 1. The molecule has 0 unspecified atom stereocenters. The first-order chi connectivity index (χ1) is 18.6. The largest absolute Gasteiger partial charge is 0.494 e. The van der Waals surface area contributed by atoms with Gasteiger partial charge in [-0.25, -0.2) is 0 Å². The maximum absolute atomic E-state index is 12.5. The Hall–Kier alpha value is -3.67. The van der Waals surface area contributed by atoms with Crippen LogP contribution in [0.1, 0.15) is 55.2 Å². The van der Waals surface area contributed by atoms with Gasteiger partial charge >= 0.3 is 5.97 Å². The molecule has 1 fully saturated rings. The molecule has 5 rings (SSSR count). The standard InChI is InChI=1S/C32H36N2O4/c1-37-31(36)25-11-14-32(15-12-25)13-10-24-8-9-28(21-29(24)32)38-18-4-17-34-30(35)20-23-5-2-6-26(19-23)27-7-3-16-33-22-27/h2-3,5-9,16,19,21-22,25H,4,10-15,17-18,20H2,1H3,(H,34,35). The maximum atomic E-state index is 12.5. The summed E-state index contributed by atoms with van der Waals surface area (Å²) in [4.78, 5) is 28.6. The second-order valence-corrected chi connectivity index (χ2v) is 10.6. The molecule has 0 radical (unpaired) electrons. The van der Waals surface area contributed by atoms with E-state index in [0.29, 0.717) is 19.6 Å². The number of rotatable bonds is 9. The molecule has 0 atom stereocenters. The first-order valence-corrected chi connectivity index (χ1v) is 13.7. The third kappa shape index (κ3) is 5.90. The number of hydrogen-bond donors (Lipinski definition) is 1. The third-order valence-electron chi connectivity index (χ3n) is 8.20. The number of carbonyl (C=O) groups is 2. The Kier molecular flexibility index (Phi) is 8.06. The monoisotopic (exact) mass is 512 g/mol. The second kappa shape index (κ2) is 11.8. The van der Waals surface area contributed by atoms with E-state index >= 15 is 0 Å². The number of benzene rings is 2. The Morgan fingerprint density at radius 2 is 1.87 bits per heavy atom. The van der Waals surface area contributed by atoms with Crippen molar-refractivity contribution in [3.05, 3.63) is 83.7 Å². The molecule has 6 heteroatoms. The molecular formula is C32H36N2O4. The van der Waals surface area contributed by atoms with Crippen LogP contribution in [0.5, 0.6) is 5.75 Å². The quantitative estimate of drug-likeness (QED) is 0.306. The summed E-state index contributed by atoms with van der Waals surface area (Å²) in [5.41, 5.74) is 6.06. The van der Waals surface area contributed by atoms with E-state index in [0.717, 1.165) is 67.4 Å². The first-order valence-electron chi connectivity index (χ1n) is 13.7. The minimum Gasteiger partial charge on any atom is -0.494 e. The van der Waals surface area contributed by atoms with Crippen LogP contribution < -0.4 is 10.1 Å². The van der Waals surface area contributed by atoms with Crippen molar-refractivity contribution in [1.29, 1.82) is 0 Å². The van der Waals surface area contributed by atoms with Gasteiger partial charge in [-0.3, -0.25) is 14.6 Å². The molecule has 1 heterocycles. The number of hydrogen-bond acceptors (Lipinski definition) is 5. The van der Waals surface area contributed by atoms with Crippen LogP contribution >= 0.6 is 0 Å². The van der Waals surface area contributed by atoms with Crippen molar-refractivity contribution >= 4 is 11.9 Å². The Balaban J connectivity index is 1.07. The number of amides is 1. The highest BCUT2D eigenvalue weighted by atomic mass is 16.5. The number of ether oxygens (including phenoxy) is 2. The zero-order valence-electron chi connectivity index (χ0n) is 22.1. The van der Waals surface area contributed by atoms with E-state index in [4.69, 9.17) is 9.47 Å². The molecule has 1 saturated carbocycles. The highest BCUT2D eigenvalue weighted by Gasteiger charge is 2.43. The minimum absolute atomic E-state index is 0.00960. The molecular weight excluding hydrogens is 476 g/mol. The number of nitrogens with zero attached hydrogens (tertiary/aromatic N) is 1. The smallest absolute Gasteiger partial charge is 0.308 e. The van der Waals surface area contributed by atoms with Gasteiger partial charge < -0.3 is 14.8 Å². The van der Waals surface area contributed by atoms with Crippen molar-refractivity contribution in [1.82, 2.24) is 10.3 Å². The molecule has 1 spiro atoms. The number of aromatic nitrogens is 1. The summed E-state index contributed by atoms with van der Waals surface area (Å²) >= 11 is 0. The lowest BCUT2D eigenvalue weighted by molar-refractivity contribution is -0.147. The fourth-order valence-electron chi connectivity index (χ4n) is 6.09. The van der Waals surface area contributed by atoms with Gasteiger partial charge in [-0.15, -0.1) is 0 Å². The average Bonchev–Trinajstić information content (AvgIpc) is 3.30. The van der Waals surface area contributed by atoms with Crippen LogP contribution in [0.3, 0.4) is 0 Å². The molecule has 1 aromatic heterocycles. The molecule has 1 amide bonds. The normalized spacial score (nSPS) is 20.1. The molecule has 198 valence electrons. The second-order valence-electron chi connectivity index (χ2n) is 10.6. The van der Waals surface area contributed by atoms with Gasteiger partial charge in [-0.2, -0.15) is 0 Å². The molecule has 6 nitrogen and oxygen atoms in total. The van der Waals surface area contributed by atoms with Crippen LogP contribution in [0, 0.1) is 5.92 Å². The molecule has 38 heavy (non-hydrogen) atoms. The molecule has 2 aliphatic rings. The van der Waals surface area contributed by atoms with Crippen molar-refractivity contribution in [3.63, 3.8) is 0 Å². The number of pyridine rings is 1. The lowest BCUT2D eigenvalue weighted by Gasteiger charge is -2.37. The number of carbonyl (C=O) groups excluding carboxylic acids is 2. The van der Waals surface area contributed by atoms with Crippen LogP contribution in [0.2, 0.25) is 0 Å². The Bertz CT molecular complexity index is 1270. The lowest BCUT2D eigenvalue weighted by atomic mass is 9.67. The summed E-state index contributed by atoms with van der Waals surface area (Å²) in [7, 11) is 1.48. The molecule has 2 aromatic carbocycles. The van der Waals surface area contributed by atoms with Gasteiger partial charge in [0.2, 0.25) is 5.91 Å². The number of nitrogens with one attached hydrogen (secondary N) is 1. The van der Waals surface area contributed by atoms with E-state index in [1.807, 2.05) is 42.6 Å². The average molecular weight is 513 g/mol. The van der Waals surface area contributed by atoms with Crippen molar-refractivity contribution < 1.29 is 19.1 Å². The van der Waals surface area contributed by atoms with Gasteiger partial charge in [0, 0.05) is 18.9 Å². The van der Waals surface area contributed by atoms with Gasteiger partial charge in [-0.1, -0.05) is 36.4 Å². The summed E-state index contributed by atoms with van der Waals surface area (Å²) in [6.07, 6.45) is 10.8. The van der Waals surface area contributed by atoms with Crippen molar-refractivity contribution in [2.24, 2.45) is 5.92 Å². The summed E-state index contributed by atoms with van der Waals surface area (Å²) < 4.78 is 11.0. The summed E-state index contributed by atoms with van der Waals surface area (Å²) in [6.45, 7) is 1.12. The SMILES string of the molecule is COC(=O)C1CCC2(CCc3ccc(OCCCNC(=O)Cc4cccc(-c5cccnc5)c4)cc32)CC1.